The third kappa shape index (κ3) is 3.40. The molecule has 3 rings (SSSR count). The summed E-state index contributed by atoms with van der Waals surface area (Å²) in [5.41, 5.74) is 9.04. The van der Waals surface area contributed by atoms with Crippen molar-refractivity contribution < 1.29 is 9.15 Å². The molecule has 0 spiro atoms. The van der Waals surface area contributed by atoms with Crippen molar-refractivity contribution in [1.82, 2.24) is 0 Å². The van der Waals surface area contributed by atoms with Crippen LogP contribution in [0.3, 0.4) is 0 Å². The number of hydrogen-bond acceptors (Lipinski definition) is 3. The van der Waals surface area contributed by atoms with Crippen LogP contribution >= 0.6 is 23.2 Å². The van der Waals surface area contributed by atoms with Gasteiger partial charge in [-0.3, -0.25) is 4.99 Å². The second-order valence-corrected chi connectivity index (χ2v) is 7.61. The summed E-state index contributed by atoms with van der Waals surface area (Å²) in [7, 11) is 3.19. The van der Waals surface area contributed by atoms with E-state index in [4.69, 9.17) is 38.1 Å². The Bertz CT molecular complexity index is 1060. The molecule has 1 aromatic heterocycles. The topological polar surface area (TPSA) is 64.0 Å². The van der Waals surface area contributed by atoms with Crippen LogP contribution in [0.25, 0.3) is 10.8 Å². The smallest absolute Gasteiger partial charge is 0.216 e. The molecule has 28 heavy (non-hydrogen) atoms. The lowest BCUT2D eigenvalue weighted by molar-refractivity contribution is 0.415. The van der Waals surface area contributed by atoms with Crippen LogP contribution in [0.1, 0.15) is 30.9 Å². The highest BCUT2D eigenvalue weighted by Gasteiger charge is 2.26. The van der Waals surface area contributed by atoms with Crippen molar-refractivity contribution in [3.63, 3.8) is 0 Å². The van der Waals surface area contributed by atoms with E-state index >= 15 is 0 Å². The molecule has 3 aromatic rings. The largest absolute Gasteiger partial charge is 0.495 e. The maximum Gasteiger partial charge on any atom is 0.216 e. The van der Waals surface area contributed by atoms with E-state index in [1.165, 1.54) is 5.56 Å². The summed E-state index contributed by atoms with van der Waals surface area (Å²) in [4.78, 5) is 5.81. The van der Waals surface area contributed by atoms with Gasteiger partial charge in [-0.25, -0.2) is 4.90 Å². The number of rotatable bonds is 4. The fourth-order valence-corrected chi connectivity index (χ4v) is 3.78. The number of nitrogens with two attached hydrogens (primary N) is 1. The molecule has 0 aliphatic carbocycles. The molecule has 7 heteroatoms. The van der Waals surface area contributed by atoms with Crippen LogP contribution < -0.4 is 15.4 Å². The summed E-state index contributed by atoms with van der Waals surface area (Å²) < 4.78 is 11.5. The second kappa shape index (κ2) is 7.94. The van der Waals surface area contributed by atoms with Crippen molar-refractivity contribution >= 4 is 51.5 Å². The van der Waals surface area contributed by atoms with Gasteiger partial charge < -0.3 is 14.9 Å². The van der Waals surface area contributed by atoms with E-state index < -0.39 is 0 Å². The van der Waals surface area contributed by atoms with Crippen LogP contribution in [0.15, 0.2) is 39.9 Å². The summed E-state index contributed by atoms with van der Waals surface area (Å²) in [5.74, 6) is 1.60. The van der Waals surface area contributed by atoms with E-state index in [2.05, 4.69) is 24.9 Å². The SMILES string of the molecule is CN=C(N)N(c1cc(Cl)ccc1OC)c1occ2cc(C(C)C)c(C)c(Cl)c12. The van der Waals surface area contributed by atoms with Gasteiger partial charge >= 0.3 is 0 Å². The Morgan fingerprint density at radius 2 is 1.96 bits per heavy atom. The monoisotopic (exact) mass is 419 g/mol. The molecule has 0 fully saturated rings. The lowest BCUT2D eigenvalue weighted by Gasteiger charge is -2.24. The zero-order valence-electron chi connectivity index (χ0n) is 16.5. The highest BCUT2D eigenvalue weighted by atomic mass is 35.5. The van der Waals surface area contributed by atoms with Crippen LogP contribution in [-0.2, 0) is 0 Å². The Hall–Kier alpha value is -2.37. The molecule has 0 amide bonds. The molecule has 0 saturated carbocycles. The maximum absolute atomic E-state index is 6.78. The van der Waals surface area contributed by atoms with Crippen LogP contribution in [0, 0.1) is 6.92 Å². The van der Waals surface area contributed by atoms with Crippen LogP contribution in [-0.4, -0.2) is 20.1 Å². The average molecular weight is 420 g/mol. The van der Waals surface area contributed by atoms with Crippen LogP contribution in [0.5, 0.6) is 5.75 Å². The van der Waals surface area contributed by atoms with E-state index in [1.807, 2.05) is 6.92 Å². The van der Waals surface area contributed by atoms with Gasteiger partial charge in [-0.15, -0.1) is 0 Å². The molecule has 1 heterocycles. The van der Waals surface area contributed by atoms with E-state index in [-0.39, 0.29) is 5.96 Å². The third-order valence-electron chi connectivity index (χ3n) is 4.76. The first kappa shape index (κ1) is 20.4. The molecular formula is C21H23Cl2N3O2. The number of ether oxygens (including phenoxy) is 1. The van der Waals surface area contributed by atoms with Crippen molar-refractivity contribution in [3.05, 3.63) is 51.7 Å². The van der Waals surface area contributed by atoms with E-state index in [9.17, 15) is 0 Å². The van der Waals surface area contributed by atoms with Gasteiger partial charge in [0.05, 0.1) is 23.2 Å². The molecule has 0 radical (unpaired) electrons. The second-order valence-electron chi connectivity index (χ2n) is 6.80. The number of methoxy groups -OCH3 is 1. The summed E-state index contributed by atoms with van der Waals surface area (Å²) >= 11 is 13.0. The molecule has 5 nitrogen and oxygen atoms in total. The van der Waals surface area contributed by atoms with Gasteiger partial charge in [0.25, 0.3) is 0 Å². The van der Waals surface area contributed by atoms with Gasteiger partial charge in [-0.05, 0) is 48.2 Å². The first-order chi connectivity index (χ1) is 13.3. The Morgan fingerprint density at radius 3 is 2.57 bits per heavy atom. The Morgan fingerprint density at radius 1 is 1.25 bits per heavy atom. The molecular weight excluding hydrogens is 397 g/mol. The highest BCUT2D eigenvalue weighted by molar-refractivity contribution is 6.38. The molecule has 2 N–H and O–H groups in total. The fraction of sp³-hybridized carbons (Fsp3) is 0.286. The standard InChI is InChI=1S/C21H23Cl2N3O2/c1-11(2)15-8-13-10-28-20(18(13)19(23)12(15)3)26(21(24)25-4)16-9-14(22)6-7-17(16)27-5/h6-11H,1-5H3,(H2,24,25). The van der Waals surface area contributed by atoms with Crippen molar-refractivity contribution in [3.8, 4) is 5.75 Å². The Kier molecular flexibility index (Phi) is 5.77. The normalized spacial score (nSPS) is 12.1. The zero-order valence-corrected chi connectivity index (χ0v) is 18.0. The number of nitrogens with zero attached hydrogens (tertiary/aromatic N) is 2. The van der Waals surface area contributed by atoms with E-state index in [0.29, 0.717) is 33.3 Å². The molecule has 0 aliphatic rings. The summed E-state index contributed by atoms with van der Waals surface area (Å²) in [6.07, 6.45) is 1.68. The van der Waals surface area contributed by atoms with Crippen LogP contribution in [0.4, 0.5) is 11.6 Å². The predicted molar refractivity (Wildman–Crippen MR) is 118 cm³/mol. The van der Waals surface area contributed by atoms with Gasteiger partial charge in [0.15, 0.2) is 0 Å². The summed E-state index contributed by atoms with van der Waals surface area (Å²) in [6, 6.07) is 7.35. The number of halogens is 2. The van der Waals surface area contributed by atoms with E-state index in [0.717, 1.165) is 16.3 Å². The molecule has 2 aromatic carbocycles. The van der Waals surface area contributed by atoms with Crippen LogP contribution in [0.2, 0.25) is 10.0 Å². The van der Waals surface area contributed by atoms with Gasteiger partial charge in [0.1, 0.15) is 12.0 Å². The molecule has 0 atom stereocenters. The average Bonchev–Trinajstić information content (AvgIpc) is 3.08. The number of aliphatic imine (C=N–C) groups is 1. The first-order valence-electron chi connectivity index (χ1n) is 8.86. The van der Waals surface area contributed by atoms with Crippen molar-refractivity contribution in [1.29, 1.82) is 0 Å². The third-order valence-corrected chi connectivity index (χ3v) is 5.47. The van der Waals surface area contributed by atoms with Gasteiger partial charge in [0.2, 0.25) is 11.8 Å². The lowest BCUT2D eigenvalue weighted by atomic mass is 9.95. The number of benzene rings is 2. The summed E-state index contributed by atoms with van der Waals surface area (Å²) in [6.45, 7) is 6.28. The van der Waals surface area contributed by atoms with Gasteiger partial charge in [-0.2, -0.15) is 0 Å². The first-order valence-corrected chi connectivity index (χ1v) is 9.61. The maximum atomic E-state index is 6.78. The molecule has 0 unspecified atom stereocenters. The molecule has 0 saturated heterocycles. The number of furan rings is 1. The van der Waals surface area contributed by atoms with E-state index in [1.54, 1.807) is 43.5 Å². The molecule has 148 valence electrons. The Labute approximate surface area is 174 Å². The quantitative estimate of drug-likeness (QED) is 0.400. The van der Waals surface area contributed by atoms with Gasteiger partial charge in [0, 0.05) is 17.5 Å². The van der Waals surface area contributed by atoms with Crippen molar-refractivity contribution in [2.24, 2.45) is 10.7 Å². The number of guanidine groups is 1. The highest BCUT2D eigenvalue weighted by Crippen LogP contribution is 2.44. The number of fused-ring (bicyclic) bond motifs is 1. The zero-order chi connectivity index (χ0) is 20.6. The Balaban J connectivity index is 2.33. The number of hydrogen-bond donors (Lipinski definition) is 1. The summed E-state index contributed by atoms with van der Waals surface area (Å²) in [5, 5.41) is 2.81. The van der Waals surface area contributed by atoms with Crippen molar-refractivity contribution in [2.45, 2.75) is 26.7 Å². The minimum absolute atomic E-state index is 0.221. The number of anilines is 2. The minimum atomic E-state index is 0.221. The predicted octanol–water partition coefficient (Wildman–Crippen LogP) is 6.26. The minimum Gasteiger partial charge on any atom is -0.495 e. The van der Waals surface area contributed by atoms with Gasteiger partial charge in [-0.1, -0.05) is 37.0 Å². The molecule has 0 bridgehead atoms. The lowest BCUT2D eigenvalue weighted by Crippen LogP contribution is -2.33. The molecule has 0 aliphatic heterocycles. The van der Waals surface area contributed by atoms with Crippen molar-refractivity contribution in [2.75, 3.05) is 19.1 Å². The fourth-order valence-electron chi connectivity index (χ4n) is 3.32.